The highest BCUT2D eigenvalue weighted by molar-refractivity contribution is 6.31. The number of fused-ring (bicyclic) bond motifs is 3. The van der Waals surface area contributed by atoms with Crippen molar-refractivity contribution in [3.8, 4) is 5.75 Å². The molecule has 4 nitrogen and oxygen atoms in total. The topological polar surface area (TPSA) is 45.3 Å². The molecule has 4 rings (SSSR count). The third-order valence-electron chi connectivity index (χ3n) is 5.56. The van der Waals surface area contributed by atoms with Crippen LogP contribution in [0.2, 0.25) is 10.8 Å². The lowest BCUT2D eigenvalue weighted by atomic mass is 9.82. The normalized spacial score (nSPS) is 17.4. The van der Waals surface area contributed by atoms with Gasteiger partial charge in [-0.05, 0) is 53.7 Å². The molecule has 0 fully saturated rings. The lowest BCUT2D eigenvalue weighted by Gasteiger charge is -2.38. The summed E-state index contributed by atoms with van der Waals surface area (Å²) in [5.41, 5.74) is 4.30. The first kappa shape index (κ1) is 18.9. The average molecular weight is 393 g/mol. The maximum atomic E-state index is 13.1. The van der Waals surface area contributed by atoms with Gasteiger partial charge in [0.05, 0.1) is 21.0 Å². The molecule has 2 radical (unpaired) electrons. The van der Waals surface area contributed by atoms with E-state index in [0.29, 0.717) is 18.0 Å². The van der Waals surface area contributed by atoms with Crippen LogP contribution in [-0.4, -0.2) is 37.3 Å². The van der Waals surface area contributed by atoms with Crippen molar-refractivity contribution in [1.29, 1.82) is 0 Å². The van der Waals surface area contributed by atoms with Gasteiger partial charge in [-0.1, -0.05) is 37.1 Å². The predicted octanol–water partition coefficient (Wildman–Crippen LogP) is 4.67. The molecular weight excluding hydrogens is 371 g/mol. The number of nitrogens with zero attached hydrogens (tertiary/aromatic N) is 1. The quantitative estimate of drug-likeness (QED) is 0.656. The Balaban J connectivity index is 1.86. The molecule has 2 atom stereocenters. The van der Waals surface area contributed by atoms with Crippen molar-refractivity contribution >= 4 is 36.3 Å². The van der Waals surface area contributed by atoms with E-state index in [-0.39, 0.29) is 11.9 Å². The first-order chi connectivity index (χ1) is 13.5. The Morgan fingerprint density at radius 3 is 2.75 bits per heavy atom. The van der Waals surface area contributed by atoms with Gasteiger partial charge in [-0.2, -0.15) is 0 Å². The molecule has 142 valence electrons. The summed E-state index contributed by atoms with van der Waals surface area (Å²) in [6.45, 7) is 2.56. The summed E-state index contributed by atoms with van der Waals surface area (Å²) in [4.78, 5) is 18.5. The molecular formula is C22H22BClN2O2. The Bertz CT molecular complexity index is 1020. The van der Waals surface area contributed by atoms with Crippen LogP contribution in [0.1, 0.15) is 36.2 Å². The highest BCUT2D eigenvalue weighted by Crippen LogP contribution is 2.40. The van der Waals surface area contributed by atoms with E-state index in [1.54, 1.807) is 7.11 Å². The first-order valence-corrected chi connectivity index (χ1v) is 9.91. The summed E-state index contributed by atoms with van der Waals surface area (Å²) in [5.74, 6) is 0.262. The standard InChI is InChI=1S/C22H22BClN2O2/c1-3-18(23)22(27)26-11-10-16-17-12-14(24)6-9-19(17)25-20(16)21(26)13-4-7-15(28-2)8-5-13/h4-9,12,18,21,25H,3,10-11H2,1-2H3. The number of halogens is 1. The maximum absolute atomic E-state index is 13.1. The lowest BCUT2D eigenvalue weighted by molar-refractivity contribution is -0.133. The molecule has 3 aromatic rings. The van der Waals surface area contributed by atoms with Crippen LogP contribution in [0.15, 0.2) is 42.5 Å². The molecule has 0 aliphatic carbocycles. The van der Waals surface area contributed by atoms with Crippen LogP contribution < -0.4 is 4.74 Å². The number of carbonyl (C=O) groups is 1. The molecule has 1 N–H and O–H groups in total. The predicted molar refractivity (Wildman–Crippen MR) is 113 cm³/mol. The fraction of sp³-hybridized carbons (Fsp3) is 0.318. The highest BCUT2D eigenvalue weighted by Gasteiger charge is 2.35. The van der Waals surface area contributed by atoms with E-state index in [4.69, 9.17) is 24.2 Å². The zero-order valence-electron chi connectivity index (χ0n) is 16.0. The molecule has 2 unspecified atom stereocenters. The Labute approximate surface area is 171 Å². The number of aromatic amines is 1. The fourth-order valence-electron chi connectivity index (χ4n) is 4.02. The van der Waals surface area contributed by atoms with Crippen LogP contribution in [0.3, 0.4) is 0 Å². The van der Waals surface area contributed by atoms with Gasteiger partial charge in [-0.25, -0.2) is 0 Å². The molecule has 0 saturated heterocycles. The minimum absolute atomic E-state index is 0.0225. The third-order valence-corrected chi connectivity index (χ3v) is 5.80. The van der Waals surface area contributed by atoms with E-state index in [0.717, 1.165) is 34.3 Å². The Kier molecular flexibility index (Phi) is 5.11. The van der Waals surface area contributed by atoms with Crippen molar-refractivity contribution in [3.05, 3.63) is 64.3 Å². The monoisotopic (exact) mass is 392 g/mol. The minimum atomic E-state index is -0.499. The number of ether oxygens (including phenoxy) is 1. The Morgan fingerprint density at radius 2 is 2.07 bits per heavy atom. The van der Waals surface area contributed by atoms with Gasteiger partial charge < -0.3 is 14.6 Å². The van der Waals surface area contributed by atoms with Gasteiger partial charge in [0.25, 0.3) is 0 Å². The number of methoxy groups -OCH3 is 1. The van der Waals surface area contributed by atoms with E-state index < -0.39 is 5.82 Å². The second-order valence-corrected chi connectivity index (χ2v) is 7.62. The molecule has 0 bridgehead atoms. The largest absolute Gasteiger partial charge is 0.497 e. The molecule has 0 spiro atoms. The second kappa shape index (κ2) is 7.55. The van der Waals surface area contributed by atoms with Crippen molar-refractivity contribution in [3.63, 3.8) is 0 Å². The molecule has 6 heteroatoms. The zero-order valence-corrected chi connectivity index (χ0v) is 16.8. The number of carbonyl (C=O) groups excluding carboxylic acids is 1. The van der Waals surface area contributed by atoms with Gasteiger partial charge in [0.1, 0.15) is 5.75 Å². The highest BCUT2D eigenvalue weighted by atomic mass is 35.5. The summed E-state index contributed by atoms with van der Waals surface area (Å²) >= 11 is 6.24. The van der Waals surface area contributed by atoms with Gasteiger partial charge in [-0.15, -0.1) is 0 Å². The summed E-state index contributed by atoms with van der Waals surface area (Å²) in [6, 6.07) is 13.5. The molecule has 2 aromatic carbocycles. The van der Waals surface area contributed by atoms with E-state index >= 15 is 0 Å². The van der Waals surface area contributed by atoms with E-state index in [1.165, 1.54) is 5.56 Å². The van der Waals surface area contributed by atoms with Gasteiger partial charge in [0.15, 0.2) is 0 Å². The van der Waals surface area contributed by atoms with Crippen molar-refractivity contribution < 1.29 is 9.53 Å². The minimum Gasteiger partial charge on any atom is -0.497 e. The molecule has 28 heavy (non-hydrogen) atoms. The van der Waals surface area contributed by atoms with Crippen molar-refractivity contribution in [1.82, 2.24) is 9.88 Å². The number of aromatic nitrogens is 1. The lowest BCUT2D eigenvalue weighted by Crippen LogP contribution is -2.42. The van der Waals surface area contributed by atoms with Crippen LogP contribution in [0, 0.1) is 0 Å². The molecule has 1 aliphatic heterocycles. The SMILES string of the molecule is [B]C(CC)C(=O)N1CCc2c([nH]c3ccc(Cl)cc23)C1c1ccc(OC)cc1. The number of amides is 1. The van der Waals surface area contributed by atoms with Crippen LogP contribution in [-0.2, 0) is 11.2 Å². The smallest absolute Gasteiger partial charge is 0.217 e. The number of benzene rings is 2. The first-order valence-electron chi connectivity index (χ1n) is 9.53. The summed E-state index contributed by atoms with van der Waals surface area (Å²) in [7, 11) is 7.75. The van der Waals surface area contributed by atoms with Gasteiger partial charge in [-0.3, -0.25) is 4.79 Å². The number of hydrogen-bond acceptors (Lipinski definition) is 2. The number of hydrogen-bond donors (Lipinski definition) is 1. The van der Waals surface area contributed by atoms with Gasteiger partial charge in [0, 0.05) is 28.2 Å². The molecule has 1 aliphatic rings. The van der Waals surface area contributed by atoms with E-state index in [2.05, 4.69) is 4.98 Å². The third kappa shape index (κ3) is 3.18. The van der Waals surface area contributed by atoms with E-state index in [1.807, 2.05) is 54.3 Å². The number of H-pyrrole nitrogens is 1. The van der Waals surface area contributed by atoms with Crippen LogP contribution in [0.25, 0.3) is 10.9 Å². The van der Waals surface area contributed by atoms with Crippen LogP contribution in [0.5, 0.6) is 5.75 Å². The Hall–Kier alpha value is -2.40. The second-order valence-electron chi connectivity index (χ2n) is 7.18. The van der Waals surface area contributed by atoms with Crippen molar-refractivity contribution in [2.75, 3.05) is 13.7 Å². The Morgan fingerprint density at radius 1 is 1.32 bits per heavy atom. The van der Waals surface area contributed by atoms with Crippen molar-refractivity contribution in [2.45, 2.75) is 31.6 Å². The molecule has 1 amide bonds. The van der Waals surface area contributed by atoms with Crippen molar-refractivity contribution in [2.24, 2.45) is 0 Å². The number of rotatable bonds is 4. The van der Waals surface area contributed by atoms with Gasteiger partial charge >= 0.3 is 0 Å². The average Bonchev–Trinajstić information content (AvgIpc) is 3.09. The fourth-order valence-corrected chi connectivity index (χ4v) is 4.19. The van der Waals surface area contributed by atoms with Crippen LogP contribution >= 0.6 is 11.6 Å². The number of nitrogens with one attached hydrogen (secondary N) is 1. The molecule has 0 saturated carbocycles. The zero-order chi connectivity index (χ0) is 19.8. The molecule has 2 heterocycles. The van der Waals surface area contributed by atoms with E-state index in [9.17, 15) is 4.79 Å². The summed E-state index contributed by atoms with van der Waals surface area (Å²) in [6.07, 6.45) is 1.38. The van der Waals surface area contributed by atoms with Crippen LogP contribution in [0.4, 0.5) is 0 Å². The summed E-state index contributed by atoms with van der Waals surface area (Å²) in [5, 5.41) is 1.83. The molecule has 1 aromatic heterocycles. The summed E-state index contributed by atoms with van der Waals surface area (Å²) < 4.78 is 5.29. The maximum Gasteiger partial charge on any atom is 0.217 e. The van der Waals surface area contributed by atoms with Gasteiger partial charge in [0.2, 0.25) is 5.91 Å².